The highest BCUT2D eigenvalue weighted by Crippen LogP contribution is 2.39. The molecule has 0 radical (unpaired) electrons. The van der Waals surface area contributed by atoms with Gasteiger partial charge in [0, 0.05) is 30.2 Å². The Labute approximate surface area is 171 Å². The molecule has 5 rings (SSSR count). The minimum Gasteiger partial charge on any atom is -0.382 e. The fourth-order valence-electron chi connectivity index (χ4n) is 4.21. The molecule has 144 valence electrons. The Balaban J connectivity index is 1.38. The van der Waals surface area contributed by atoms with Gasteiger partial charge in [-0.3, -0.25) is 0 Å². The predicted octanol–water partition coefficient (Wildman–Crippen LogP) is 2.98. The normalized spacial score (nSPS) is 24.1. The minimum atomic E-state index is 0.312. The van der Waals surface area contributed by atoms with Crippen LogP contribution >= 0.6 is 23.4 Å². The van der Waals surface area contributed by atoms with Crippen LogP contribution in [0.5, 0.6) is 0 Å². The topological polar surface area (TPSA) is 107 Å². The van der Waals surface area contributed by atoms with Crippen LogP contribution in [0.25, 0.3) is 11.2 Å². The second kappa shape index (κ2) is 7.02. The fourth-order valence-corrected chi connectivity index (χ4v) is 5.26. The van der Waals surface area contributed by atoms with E-state index in [0.29, 0.717) is 34.4 Å². The SMILES string of the molecule is Nc1nccc(Sc2ccc3nc(N4CC5CCC(N)C5C4)cnc3n2)c1Cl. The summed E-state index contributed by atoms with van der Waals surface area (Å²) >= 11 is 7.66. The predicted molar refractivity (Wildman–Crippen MR) is 112 cm³/mol. The monoisotopic (exact) mass is 413 g/mol. The molecule has 2 fully saturated rings. The molecule has 7 nitrogen and oxygen atoms in total. The van der Waals surface area contributed by atoms with Gasteiger partial charge in [0.25, 0.3) is 0 Å². The van der Waals surface area contributed by atoms with Crippen molar-refractivity contribution in [1.82, 2.24) is 19.9 Å². The van der Waals surface area contributed by atoms with Gasteiger partial charge in [-0.05, 0) is 42.9 Å². The van der Waals surface area contributed by atoms with E-state index in [1.54, 1.807) is 6.20 Å². The number of hydrogen-bond acceptors (Lipinski definition) is 8. The second-order valence-corrected chi connectivity index (χ2v) is 8.84. The molecule has 1 saturated heterocycles. The number of fused-ring (bicyclic) bond motifs is 2. The van der Waals surface area contributed by atoms with Crippen molar-refractivity contribution in [3.8, 4) is 0 Å². The highest BCUT2D eigenvalue weighted by Gasteiger charge is 2.41. The smallest absolute Gasteiger partial charge is 0.179 e. The zero-order valence-corrected chi connectivity index (χ0v) is 16.7. The first-order valence-corrected chi connectivity index (χ1v) is 10.5. The van der Waals surface area contributed by atoms with Crippen molar-refractivity contribution in [1.29, 1.82) is 0 Å². The van der Waals surface area contributed by atoms with Crippen molar-refractivity contribution in [3.63, 3.8) is 0 Å². The Bertz CT molecular complexity index is 1050. The quantitative estimate of drug-likeness (QED) is 0.674. The molecule has 0 bridgehead atoms. The molecule has 1 aliphatic carbocycles. The summed E-state index contributed by atoms with van der Waals surface area (Å²) in [6.07, 6.45) is 5.80. The number of halogens is 1. The molecule has 0 spiro atoms. The van der Waals surface area contributed by atoms with E-state index in [0.717, 1.165) is 40.8 Å². The molecular formula is C19H20ClN7S. The third kappa shape index (κ3) is 3.15. The number of nitrogens with zero attached hydrogens (tertiary/aromatic N) is 5. The third-order valence-corrected chi connectivity index (χ3v) is 7.20. The summed E-state index contributed by atoms with van der Waals surface area (Å²) in [6.45, 7) is 1.98. The van der Waals surface area contributed by atoms with Crippen LogP contribution in [-0.2, 0) is 0 Å². The van der Waals surface area contributed by atoms with E-state index in [1.807, 2.05) is 24.4 Å². The first-order valence-electron chi connectivity index (χ1n) is 9.30. The summed E-state index contributed by atoms with van der Waals surface area (Å²) in [6, 6.07) is 6.01. The lowest BCUT2D eigenvalue weighted by Crippen LogP contribution is -2.30. The van der Waals surface area contributed by atoms with Crippen LogP contribution in [0.3, 0.4) is 0 Å². The molecule has 2 aliphatic rings. The standard InChI is InChI=1S/C19H20ClN7S/c20-17-14(5-6-23-18(17)22)28-16-4-3-13-19(26-16)24-7-15(25-13)27-8-10-1-2-12(21)11(10)9-27/h3-7,10-12H,1-2,8-9,21H2,(H2,22,23). The lowest BCUT2D eigenvalue weighted by molar-refractivity contribution is 0.453. The van der Waals surface area contributed by atoms with Gasteiger partial charge in [0.15, 0.2) is 5.65 Å². The summed E-state index contributed by atoms with van der Waals surface area (Å²) in [5.74, 6) is 2.47. The first kappa shape index (κ1) is 17.9. The summed E-state index contributed by atoms with van der Waals surface area (Å²) in [5.41, 5.74) is 13.4. The van der Waals surface area contributed by atoms with Gasteiger partial charge in [0.2, 0.25) is 0 Å². The summed E-state index contributed by atoms with van der Waals surface area (Å²) < 4.78 is 0. The van der Waals surface area contributed by atoms with Crippen LogP contribution in [0.1, 0.15) is 12.8 Å². The van der Waals surface area contributed by atoms with Crippen molar-refractivity contribution in [2.24, 2.45) is 17.6 Å². The van der Waals surface area contributed by atoms with Crippen molar-refractivity contribution < 1.29 is 0 Å². The van der Waals surface area contributed by atoms with E-state index in [1.165, 1.54) is 18.2 Å². The van der Waals surface area contributed by atoms with Crippen LogP contribution in [0.2, 0.25) is 5.02 Å². The molecule has 1 saturated carbocycles. The highest BCUT2D eigenvalue weighted by molar-refractivity contribution is 7.99. The summed E-state index contributed by atoms with van der Waals surface area (Å²) in [7, 11) is 0. The van der Waals surface area contributed by atoms with Crippen molar-refractivity contribution in [2.75, 3.05) is 23.7 Å². The maximum Gasteiger partial charge on any atom is 0.179 e. The van der Waals surface area contributed by atoms with E-state index >= 15 is 0 Å². The number of nitrogens with two attached hydrogens (primary N) is 2. The Morgan fingerprint density at radius 3 is 2.86 bits per heavy atom. The van der Waals surface area contributed by atoms with E-state index in [9.17, 15) is 0 Å². The van der Waals surface area contributed by atoms with Gasteiger partial charge in [-0.25, -0.2) is 19.9 Å². The van der Waals surface area contributed by atoms with Crippen LogP contribution in [0.4, 0.5) is 11.6 Å². The lowest BCUT2D eigenvalue weighted by Gasteiger charge is -2.19. The van der Waals surface area contributed by atoms with Crippen LogP contribution < -0.4 is 16.4 Å². The lowest BCUT2D eigenvalue weighted by atomic mass is 9.98. The zero-order valence-electron chi connectivity index (χ0n) is 15.1. The third-order valence-electron chi connectivity index (χ3n) is 5.70. The highest BCUT2D eigenvalue weighted by atomic mass is 35.5. The van der Waals surface area contributed by atoms with Gasteiger partial charge < -0.3 is 16.4 Å². The Morgan fingerprint density at radius 2 is 2.00 bits per heavy atom. The maximum absolute atomic E-state index is 6.25. The molecule has 28 heavy (non-hydrogen) atoms. The van der Waals surface area contributed by atoms with E-state index < -0.39 is 0 Å². The van der Waals surface area contributed by atoms with Gasteiger partial charge in [-0.2, -0.15) is 0 Å². The molecule has 0 amide bonds. The Hall–Kier alpha value is -2.16. The molecule has 4 N–H and O–H groups in total. The number of aromatic nitrogens is 4. The van der Waals surface area contributed by atoms with Crippen molar-refractivity contribution in [2.45, 2.75) is 28.8 Å². The van der Waals surface area contributed by atoms with Gasteiger partial charge in [-0.15, -0.1) is 0 Å². The zero-order chi connectivity index (χ0) is 19.3. The molecule has 1 aliphatic heterocycles. The summed E-state index contributed by atoms with van der Waals surface area (Å²) in [4.78, 5) is 21.0. The summed E-state index contributed by atoms with van der Waals surface area (Å²) in [5, 5.41) is 1.22. The molecular weight excluding hydrogens is 394 g/mol. The van der Waals surface area contributed by atoms with E-state index in [2.05, 4.69) is 19.9 Å². The average Bonchev–Trinajstić information content (AvgIpc) is 3.27. The van der Waals surface area contributed by atoms with E-state index in [4.69, 9.17) is 28.1 Å². The molecule has 3 unspecified atom stereocenters. The number of nitrogen functional groups attached to an aromatic ring is 1. The molecule has 3 atom stereocenters. The largest absolute Gasteiger partial charge is 0.382 e. The molecule has 3 aromatic rings. The molecule has 4 heterocycles. The average molecular weight is 414 g/mol. The van der Waals surface area contributed by atoms with Gasteiger partial charge in [0.1, 0.15) is 22.2 Å². The van der Waals surface area contributed by atoms with Crippen molar-refractivity contribution >= 4 is 46.2 Å². The number of hydrogen-bond donors (Lipinski definition) is 2. The van der Waals surface area contributed by atoms with Gasteiger partial charge in [0.05, 0.1) is 11.2 Å². The first-order chi connectivity index (χ1) is 13.6. The van der Waals surface area contributed by atoms with Gasteiger partial charge in [-0.1, -0.05) is 23.4 Å². The Morgan fingerprint density at radius 1 is 1.11 bits per heavy atom. The number of anilines is 2. The number of pyridine rings is 2. The molecule has 3 aromatic heterocycles. The van der Waals surface area contributed by atoms with Crippen LogP contribution in [0.15, 0.2) is 40.5 Å². The second-order valence-electron chi connectivity index (χ2n) is 7.40. The van der Waals surface area contributed by atoms with Crippen molar-refractivity contribution in [3.05, 3.63) is 35.6 Å². The number of rotatable bonds is 3. The van der Waals surface area contributed by atoms with E-state index in [-0.39, 0.29) is 0 Å². The van der Waals surface area contributed by atoms with Gasteiger partial charge >= 0.3 is 0 Å². The fraction of sp³-hybridized carbons (Fsp3) is 0.368. The maximum atomic E-state index is 6.25. The minimum absolute atomic E-state index is 0.312. The molecule has 9 heteroatoms. The van der Waals surface area contributed by atoms with Crippen LogP contribution in [0, 0.1) is 11.8 Å². The molecule has 0 aromatic carbocycles. The Kier molecular flexibility index (Phi) is 4.49. The van der Waals surface area contributed by atoms with Crippen LogP contribution in [-0.4, -0.2) is 39.1 Å².